The van der Waals surface area contributed by atoms with E-state index in [1.54, 1.807) is 18.2 Å². The molecule has 0 saturated heterocycles. The van der Waals surface area contributed by atoms with Crippen molar-refractivity contribution in [1.82, 2.24) is 10.2 Å². The molecule has 0 spiro atoms. The van der Waals surface area contributed by atoms with Crippen molar-refractivity contribution in [3.8, 4) is 22.4 Å². The number of sulfonamides is 1. The predicted molar refractivity (Wildman–Crippen MR) is 95.3 cm³/mol. The average Bonchev–Trinajstić information content (AvgIpc) is 3.02. The number of nitrogens with zero attached hydrogens (tertiary/aromatic N) is 1. The number of aryl methyl sites for hydroxylation is 2. The van der Waals surface area contributed by atoms with Crippen molar-refractivity contribution in [1.29, 1.82) is 0 Å². The number of alkyl halides is 3. The minimum Gasteiger partial charge on any atom is -0.272 e. The van der Waals surface area contributed by atoms with E-state index in [0.29, 0.717) is 11.1 Å². The molecule has 0 aliphatic rings. The van der Waals surface area contributed by atoms with Crippen LogP contribution in [0.2, 0.25) is 0 Å². The van der Waals surface area contributed by atoms with E-state index in [0.717, 1.165) is 11.1 Å². The molecule has 0 aliphatic heterocycles. The fourth-order valence-corrected chi connectivity index (χ4v) is 3.25. The van der Waals surface area contributed by atoms with Crippen LogP contribution in [0.5, 0.6) is 0 Å². The van der Waals surface area contributed by atoms with E-state index >= 15 is 0 Å². The van der Waals surface area contributed by atoms with Crippen molar-refractivity contribution in [2.24, 2.45) is 5.14 Å². The molecule has 3 N–H and O–H groups in total. The van der Waals surface area contributed by atoms with Crippen LogP contribution in [0, 0.1) is 13.8 Å². The van der Waals surface area contributed by atoms with E-state index in [1.807, 2.05) is 13.8 Å². The van der Waals surface area contributed by atoms with Crippen LogP contribution in [0.25, 0.3) is 22.4 Å². The second kappa shape index (κ2) is 6.50. The maximum absolute atomic E-state index is 13.5. The minimum absolute atomic E-state index is 0.0755. The van der Waals surface area contributed by atoms with Gasteiger partial charge >= 0.3 is 6.18 Å². The third-order valence-electron chi connectivity index (χ3n) is 4.30. The maximum Gasteiger partial charge on any atom is 0.433 e. The highest BCUT2D eigenvalue weighted by atomic mass is 32.2. The Morgan fingerprint density at radius 2 is 1.56 bits per heavy atom. The van der Waals surface area contributed by atoms with Crippen LogP contribution in [0.3, 0.4) is 0 Å². The molecule has 2 aromatic carbocycles. The van der Waals surface area contributed by atoms with Gasteiger partial charge in [0.15, 0.2) is 0 Å². The van der Waals surface area contributed by atoms with E-state index in [9.17, 15) is 21.6 Å². The molecule has 3 aromatic rings. The molecule has 0 unspecified atom stereocenters. The summed E-state index contributed by atoms with van der Waals surface area (Å²) in [4.78, 5) is -0.134. The van der Waals surface area contributed by atoms with Crippen molar-refractivity contribution in [2.75, 3.05) is 0 Å². The van der Waals surface area contributed by atoms with Gasteiger partial charge < -0.3 is 0 Å². The van der Waals surface area contributed by atoms with Gasteiger partial charge in [0.1, 0.15) is 11.4 Å². The van der Waals surface area contributed by atoms with Crippen LogP contribution in [0.1, 0.15) is 16.8 Å². The van der Waals surface area contributed by atoms with Crippen molar-refractivity contribution in [2.45, 2.75) is 24.9 Å². The molecule has 1 aromatic heterocycles. The third-order valence-corrected chi connectivity index (χ3v) is 5.23. The van der Waals surface area contributed by atoms with Gasteiger partial charge in [0.25, 0.3) is 0 Å². The topological polar surface area (TPSA) is 88.8 Å². The van der Waals surface area contributed by atoms with Crippen molar-refractivity contribution in [3.05, 3.63) is 59.3 Å². The van der Waals surface area contributed by atoms with Crippen LogP contribution in [-0.2, 0) is 16.2 Å². The first-order valence-electron chi connectivity index (χ1n) is 7.85. The van der Waals surface area contributed by atoms with Gasteiger partial charge in [-0.25, -0.2) is 13.6 Å². The smallest absolute Gasteiger partial charge is 0.272 e. The summed E-state index contributed by atoms with van der Waals surface area (Å²) < 4.78 is 63.3. The van der Waals surface area contributed by atoms with E-state index in [4.69, 9.17) is 5.14 Å². The van der Waals surface area contributed by atoms with Gasteiger partial charge in [-0.15, -0.1) is 0 Å². The van der Waals surface area contributed by atoms with E-state index in [1.165, 1.54) is 24.3 Å². The molecule has 0 aliphatic carbocycles. The van der Waals surface area contributed by atoms with Gasteiger partial charge in [0.2, 0.25) is 10.0 Å². The zero-order valence-electron chi connectivity index (χ0n) is 14.4. The molecule has 5 nitrogen and oxygen atoms in total. The van der Waals surface area contributed by atoms with Gasteiger partial charge in [-0.2, -0.15) is 18.3 Å². The summed E-state index contributed by atoms with van der Waals surface area (Å²) >= 11 is 0. The summed E-state index contributed by atoms with van der Waals surface area (Å²) in [5.74, 6) is 0. The Labute approximate surface area is 154 Å². The Balaban J connectivity index is 2.22. The largest absolute Gasteiger partial charge is 0.433 e. The highest BCUT2D eigenvalue weighted by Crippen LogP contribution is 2.41. The molecule has 0 fully saturated rings. The molecule has 0 atom stereocenters. The average molecular weight is 395 g/mol. The maximum atomic E-state index is 13.5. The molecule has 3 rings (SSSR count). The Morgan fingerprint density at radius 3 is 2.07 bits per heavy atom. The van der Waals surface area contributed by atoms with Crippen molar-refractivity contribution < 1.29 is 21.6 Å². The number of hydrogen-bond donors (Lipinski definition) is 2. The summed E-state index contributed by atoms with van der Waals surface area (Å²) in [5, 5.41) is 11.0. The third kappa shape index (κ3) is 3.74. The second-order valence-corrected chi connectivity index (χ2v) is 7.75. The summed E-state index contributed by atoms with van der Waals surface area (Å²) in [6, 6.07) is 10.2. The van der Waals surface area contributed by atoms with Crippen molar-refractivity contribution >= 4 is 10.0 Å². The Bertz CT molecular complexity index is 1100. The molecular weight excluding hydrogens is 379 g/mol. The number of halogens is 3. The molecule has 0 radical (unpaired) electrons. The highest BCUT2D eigenvalue weighted by molar-refractivity contribution is 7.89. The van der Waals surface area contributed by atoms with Crippen LogP contribution in [-0.4, -0.2) is 18.6 Å². The molecule has 9 heteroatoms. The number of H-pyrrole nitrogens is 1. The lowest BCUT2D eigenvalue weighted by atomic mass is 9.96. The molecule has 142 valence electrons. The standard InChI is InChI=1S/C18H16F3N3O2S/c1-10-3-4-13(9-11(10)2)15-16(23-24-17(15)18(19,20)21)12-5-7-14(8-6-12)27(22,25)26/h3-9H,1-2H3,(H,23,24)(H2,22,25,26). The lowest BCUT2D eigenvalue weighted by molar-refractivity contribution is -0.140. The first-order valence-corrected chi connectivity index (χ1v) is 9.39. The summed E-state index contributed by atoms with van der Waals surface area (Å²) in [6.07, 6.45) is -4.63. The van der Waals surface area contributed by atoms with Gasteiger partial charge in [-0.3, -0.25) is 5.10 Å². The number of hydrogen-bond acceptors (Lipinski definition) is 3. The number of primary sulfonamides is 1. The van der Waals surface area contributed by atoms with E-state index in [-0.39, 0.29) is 16.2 Å². The van der Waals surface area contributed by atoms with Crippen LogP contribution in [0.15, 0.2) is 47.4 Å². The summed E-state index contributed by atoms with van der Waals surface area (Å²) in [7, 11) is -3.90. The molecule has 27 heavy (non-hydrogen) atoms. The highest BCUT2D eigenvalue weighted by Gasteiger charge is 2.38. The number of aromatic amines is 1. The van der Waals surface area contributed by atoms with E-state index in [2.05, 4.69) is 10.2 Å². The van der Waals surface area contributed by atoms with Crippen LogP contribution >= 0.6 is 0 Å². The number of aromatic nitrogens is 2. The first kappa shape index (κ1) is 19.1. The summed E-state index contributed by atoms with van der Waals surface area (Å²) in [5.41, 5.74) is 1.52. The quantitative estimate of drug-likeness (QED) is 0.702. The molecule has 0 bridgehead atoms. The van der Waals surface area contributed by atoms with Crippen molar-refractivity contribution in [3.63, 3.8) is 0 Å². The summed E-state index contributed by atoms with van der Waals surface area (Å²) in [6.45, 7) is 3.68. The van der Waals surface area contributed by atoms with Gasteiger partial charge in [0, 0.05) is 11.1 Å². The number of benzene rings is 2. The Morgan fingerprint density at radius 1 is 0.963 bits per heavy atom. The van der Waals surface area contributed by atoms with Gasteiger partial charge in [0.05, 0.1) is 4.90 Å². The second-order valence-electron chi connectivity index (χ2n) is 6.19. The predicted octanol–water partition coefficient (Wildman–Crippen LogP) is 4.03. The molecular formula is C18H16F3N3O2S. The van der Waals surface area contributed by atoms with Gasteiger partial charge in [-0.05, 0) is 42.7 Å². The lowest BCUT2D eigenvalue weighted by Crippen LogP contribution is -2.11. The fraction of sp³-hybridized carbons (Fsp3) is 0.167. The Kier molecular flexibility index (Phi) is 4.61. The van der Waals surface area contributed by atoms with Crippen LogP contribution in [0.4, 0.5) is 13.2 Å². The van der Waals surface area contributed by atoms with Gasteiger partial charge in [-0.1, -0.05) is 30.3 Å². The zero-order chi connectivity index (χ0) is 20.0. The van der Waals surface area contributed by atoms with E-state index < -0.39 is 21.9 Å². The SMILES string of the molecule is Cc1ccc(-c2c(-c3ccc(S(N)(=O)=O)cc3)n[nH]c2C(F)(F)F)cc1C. The molecule has 0 saturated carbocycles. The fourth-order valence-electron chi connectivity index (χ4n) is 2.74. The normalized spacial score (nSPS) is 12.4. The molecule has 0 amide bonds. The molecule has 1 heterocycles. The Hall–Kier alpha value is -2.65. The minimum atomic E-state index is -4.63. The monoisotopic (exact) mass is 395 g/mol. The van der Waals surface area contributed by atoms with Crippen LogP contribution < -0.4 is 5.14 Å². The lowest BCUT2D eigenvalue weighted by Gasteiger charge is -2.11. The first-order chi connectivity index (χ1) is 12.5. The number of rotatable bonds is 3. The zero-order valence-corrected chi connectivity index (χ0v) is 15.2. The number of nitrogens with one attached hydrogen (secondary N) is 1. The number of nitrogens with two attached hydrogens (primary N) is 1.